The summed E-state index contributed by atoms with van der Waals surface area (Å²) < 4.78 is 10.7. The van der Waals surface area contributed by atoms with E-state index in [-0.39, 0.29) is 25.1 Å². The van der Waals surface area contributed by atoms with Gasteiger partial charge in [-0.2, -0.15) is 0 Å². The Morgan fingerprint density at radius 3 is 2.88 bits per heavy atom. The van der Waals surface area contributed by atoms with Crippen molar-refractivity contribution in [3.05, 3.63) is 22.7 Å². The van der Waals surface area contributed by atoms with Gasteiger partial charge >= 0.3 is 7.12 Å². The summed E-state index contributed by atoms with van der Waals surface area (Å²) in [5.74, 6) is 0.602. The minimum absolute atomic E-state index is 0. The number of nitrogens with two attached hydrogens (primary N) is 1. The Hall–Kier alpha value is -0.455. The molecule has 0 aliphatic carbocycles. The van der Waals surface area contributed by atoms with E-state index in [9.17, 15) is 5.02 Å². The summed E-state index contributed by atoms with van der Waals surface area (Å²) in [6, 6.07) is 3.46. The molecule has 94 valence electrons. The summed E-state index contributed by atoms with van der Waals surface area (Å²) in [6.45, 7) is 2.68. The topological polar surface area (TPSA) is 64.7 Å². The Kier molecular flexibility index (Phi) is 5.10. The van der Waals surface area contributed by atoms with Crippen LogP contribution in [0.2, 0.25) is 5.02 Å². The van der Waals surface area contributed by atoms with Crippen molar-refractivity contribution in [2.24, 2.45) is 5.73 Å². The zero-order valence-electron chi connectivity index (χ0n) is 9.35. The molecule has 1 aliphatic heterocycles. The summed E-state index contributed by atoms with van der Waals surface area (Å²) in [4.78, 5) is 0. The normalized spacial score (nSPS) is 17.6. The Bertz CT molecular complexity index is 405. The molecule has 1 aromatic rings. The molecule has 0 amide bonds. The molecule has 0 bridgehead atoms. The van der Waals surface area contributed by atoms with Gasteiger partial charge in [-0.3, -0.25) is 0 Å². The molecule has 1 unspecified atom stereocenters. The van der Waals surface area contributed by atoms with Gasteiger partial charge < -0.3 is 20.1 Å². The molecule has 0 saturated heterocycles. The maximum atomic E-state index is 9.80. The SMILES string of the molecule is CCOc1ccc(Cl)c2c1B(O)OC2CN.Cl. The van der Waals surface area contributed by atoms with Crippen LogP contribution in [0.25, 0.3) is 0 Å². The van der Waals surface area contributed by atoms with Gasteiger partial charge in [0.2, 0.25) is 0 Å². The van der Waals surface area contributed by atoms with Crippen LogP contribution in [0.15, 0.2) is 12.1 Å². The van der Waals surface area contributed by atoms with Crippen LogP contribution >= 0.6 is 24.0 Å². The van der Waals surface area contributed by atoms with Gasteiger partial charge in [0, 0.05) is 22.6 Å². The smallest absolute Gasteiger partial charge is 0.494 e. The fourth-order valence-corrected chi connectivity index (χ4v) is 2.20. The molecule has 3 N–H and O–H groups in total. The van der Waals surface area contributed by atoms with Crippen molar-refractivity contribution in [1.82, 2.24) is 0 Å². The summed E-state index contributed by atoms with van der Waals surface area (Å²) >= 11 is 6.08. The molecule has 0 saturated carbocycles. The Labute approximate surface area is 112 Å². The highest BCUT2D eigenvalue weighted by Gasteiger charge is 2.38. The third kappa shape index (κ3) is 2.53. The number of hydrogen-bond acceptors (Lipinski definition) is 4. The number of benzene rings is 1. The lowest BCUT2D eigenvalue weighted by Crippen LogP contribution is -2.30. The zero-order valence-corrected chi connectivity index (χ0v) is 10.9. The van der Waals surface area contributed by atoms with Crippen molar-refractivity contribution in [1.29, 1.82) is 0 Å². The number of fused-ring (bicyclic) bond motifs is 1. The van der Waals surface area contributed by atoms with E-state index in [4.69, 9.17) is 26.7 Å². The Morgan fingerprint density at radius 1 is 1.59 bits per heavy atom. The second-order valence-corrected chi connectivity index (χ2v) is 3.93. The average Bonchev–Trinajstić information content (AvgIpc) is 2.61. The first-order valence-electron chi connectivity index (χ1n) is 5.17. The molecule has 0 spiro atoms. The molecule has 17 heavy (non-hydrogen) atoms. The first kappa shape index (κ1) is 14.6. The van der Waals surface area contributed by atoms with Gasteiger partial charge in [0.05, 0.1) is 12.7 Å². The molecule has 4 nitrogen and oxygen atoms in total. The average molecular weight is 278 g/mol. The predicted molar refractivity (Wildman–Crippen MR) is 70.4 cm³/mol. The van der Waals surface area contributed by atoms with E-state index in [1.165, 1.54) is 0 Å². The predicted octanol–water partition coefficient (Wildman–Crippen LogP) is 0.878. The van der Waals surface area contributed by atoms with Gasteiger partial charge in [0.25, 0.3) is 0 Å². The fourth-order valence-electron chi connectivity index (χ4n) is 1.92. The Morgan fingerprint density at radius 2 is 2.29 bits per heavy atom. The van der Waals surface area contributed by atoms with Gasteiger partial charge in [-0.05, 0) is 19.1 Å². The second kappa shape index (κ2) is 5.93. The molecular formula is C10H14BCl2NO3. The highest BCUT2D eigenvalue weighted by Crippen LogP contribution is 2.32. The van der Waals surface area contributed by atoms with E-state index in [0.29, 0.717) is 22.8 Å². The minimum Gasteiger partial charge on any atom is -0.494 e. The molecule has 1 aliphatic rings. The van der Waals surface area contributed by atoms with Gasteiger partial charge in [0.1, 0.15) is 5.75 Å². The van der Waals surface area contributed by atoms with E-state index in [0.717, 1.165) is 5.56 Å². The first-order valence-corrected chi connectivity index (χ1v) is 5.55. The zero-order chi connectivity index (χ0) is 11.7. The van der Waals surface area contributed by atoms with Crippen molar-refractivity contribution >= 4 is 36.6 Å². The van der Waals surface area contributed by atoms with Crippen molar-refractivity contribution < 1.29 is 14.4 Å². The number of hydrogen-bond donors (Lipinski definition) is 2. The summed E-state index contributed by atoms with van der Waals surface area (Å²) in [6.07, 6.45) is -0.363. The maximum absolute atomic E-state index is 9.80. The van der Waals surface area contributed by atoms with E-state index < -0.39 is 7.12 Å². The first-order chi connectivity index (χ1) is 7.69. The van der Waals surface area contributed by atoms with Crippen LogP contribution in [0.5, 0.6) is 5.75 Å². The quantitative estimate of drug-likeness (QED) is 0.805. The molecule has 2 rings (SSSR count). The molecule has 0 fully saturated rings. The van der Waals surface area contributed by atoms with Crippen molar-refractivity contribution in [3.63, 3.8) is 0 Å². The van der Waals surface area contributed by atoms with Gasteiger partial charge in [-0.1, -0.05) is 11.6 Å². The molecule has 7 heteroatoms. The summed E-state index contributed by atoms with van der Waals surface area (Å²) in [7, 11) is -1.01. The monoisotopic (exact) mass is 277 g/mol. The van der Waals surface area contributed by atoms with Crippen LogP contribution in [0.1, 0.15) is 18.6 Å². The third-order valence-corrected chi connectivity index (χ3v) is 2.90. The van der Waals surface area contributed by atoms with Crippen LogP contribution in [-0.4, -0.2) is 25.3 Å². The lowest BCUT2D eigenvalue weighted by molar-refractivity contribution is 0.198. The van der Waals surface area contributed by atoms with Crippen molar-refractivity contribution in [2.75, 3.05) is 13.2 Å². The number of halogens is 2. The lowest BCUT2D eigenvalue weighted by Gasteiger charge is -2.12. The number of ether oxygens (including phenoxy) is 1. The van der Waals surface area contributed by atoms with Crippen LogP contribution in [0, 0.1) is 0 Å². The lowest BCUT2D eigenvalue weighted by atomic mass is 9.78. The third-order valence-electron chi connectivity index (χ3n) is 2.57. The van der Waals surface area contributed by atoms with Crippen LogP contribution < -0.4 is 15.9 Å². The van der Waals surface area contributed by atoms with Gasteiger partial charge in [-0.25, -0.2) is 0 Å². The largest absolute Gasteiger partial charge is 0.495 e. The fraction of sp³-hybridized carbons (Fsp3) is 0.400. The molecule has 1 aromatic carbocycles. The molecule has 1 atom stereocenters. The second-order valence-electron chi connectivity index (χ2n) is 3.52. The summed E-state index contributed by atoms with van der Waals surface area (Å²) in [5.41, 5.74) is 6.91. The van der Waals surface area contributed by atoms with Gasteiger partial charge in [0.15, 0.2) is 0 Å². The van der Waals surface area contributed by atoms with E-state index in [1.807, 2.05) is 6.92 Å². The van der Waals surface area contributed by atoms with Crippen molar-refractivity contribution in [2.45, 2.75) is 13.0 Å². The van der Waals surface area contributed by atoms with Crippen LogP contribution in [-0.2, 0) is 4.65 Å². The maximum Gasteiger partial charge on any atom is 0.495 e. The molecule has 0 radical (unpaired) electrons. The minimum atomic E-state index is -1.01. The van der Waals surface area contributed by atoms with Crippen molar-refractivity contribution in [3.8, 4) is 5.75 Å². The standard InChI is InChI=1S/C10H13BClNO3.ClH/c1-2-15-7-4-3-6(12)9-8(5-13)16-11(14)10(7)9;/h3-4,8,14H,2,5,13H2,1H3;1H. The number of rotatable bonds is 3. The van der Waals surface area contributed by atoms with E-state index in [2.05, 4.69) is 0 Å². The van der Waals surface area contributed by atoms with E-state index in [1.54, 1.807) is 12.1 Å². The summed E-state index contributed by atoms with van der Waals surface area (Å²) in [5, 5.41) is 10.3. The van der Waals surface area contributed by atoms with Crippen LogP contribution in [0.4, 0.5) is 0 Å². The Balaban J connectivity index is 0.00000144. The van der Waals surface area contributed by atoms with E-state index >= 15 is 0 Å². The molecular weight excluding hydrogens is 264 g/mol. The highest BCUT2D eigenvalue weighted by molar-refractivity contribution is 6.63. The van der Waals surface area contributed by atoms with Gasteiger partial charge in [-0.15, -0.1) is 12.4 Å². The molecule has 0 aromatic heterocycles. The highest BCUT2D eigenvalue weighted by atomic mass is 35.5. The molecule has 1 heterocycles. The van der Waals surface area contributed by atoms with Crippen LogP contribution in [0.3, 0.4) is 0 Å².